The smallest absolute Gasteiger partial charge is 0.180 e. The Morgan fingerprint density at radius 3 is 2.19 bits per heavy atom. The molecular formula is C9H12NO4S2. The summed E-state index contributed by atoms with van der Waals surface area (Å²) in [5, 5.41) is 0. The first kappa shape index (κ1) is 13.1. The van der Waals surface area contributed by atoms with Crippen LogP contribution in [0.3, 0.4) is 0 Å². The molecule has 7 heteroatoms. The number of rotatable bonds is 4. The Bertz CT molecular complexity index is 526. The quantitative estimate of drug-likeness (QED) is 0.787. The van der Waals surface area contributed by atoms with Gasteiger partial charge in [0.1, 0.15) is 6.20 Å². The topological polar surface area (TPSA) is 81.2 Å². The summed E-state index contributed by atoms with van der Waals surface area (Å²) in [6.07, 6.45) is 3.40. The van der Waals surface area contributed by atoms with E-state index >= 15 is 0 Å². The number of aromatic nitrogens is 1. The van der Waals surface area contributed by atoms with Crippen molar-refractivity contribution in [3.63, 3.8) is 0 Å². The van der Waals surface area contributed by atoms with Crippen molar-refractivity contribution < 1.29 is 16.8 Å². The number of hydrogen-bond acceptors (Lipinski definition) is 5. The van der Waals surface area contributed by atoms with Gasteiger partial charge in [0.15, 0.2) is 19.7 Å². The second-order valence-electron chi connectivity index (χ2n) is 3.09. The largest absolute Gasteiger partial charge is 0.252 e. The summed E-state index contributed by atoms with van der Waals surface area (Å²) in [5.41, 5.74) is 0. The first-order chi connectivity index (χ1) is 7.33. The predicted molar refractivity (Wildman–Crippen MR) is 58.5 cm³/mol. The predicted octanol–water partition coefficient (Wildman–Crippen LogP) is 0.469. The molecule has 0 saturated heterocycles. The van der Waals surface area contributed by atoms with Crippen molar-refractivity contribution in [2.24, 2.45) is 0 Å². The fourth-order valence-electron chi connectivity index (χ4n) is 1.01. The van der Waals surface area contributed by atoms with Crippen molar-refractivity contribution in [3.05, 3.63) is 18.5 Å². The zero-order valence-corrected chi connectivity index (χ0v) is 10.6. The molecule has 0 N–H and O–H groups in total. The van der Waals surface area contributed by atoms with Crippen molar-refractivity contribution in [2.75, 3.05) is 11.5 Å². The van der Waals surface area contributed by atoms with E-state index in [0.717, 1.165) is 12.3 Å². The Balaban J connectivity index is 3.37. The summed E-state index contributed by atoms with van der Waals surface area (Å²) < 4.78 is 46.0. The lowest BCUT2D eigenvalue weighted by molar-refractivity contribution is 0.594. The van der Waals surface area contributed by atoms with E-state index < -0.39 is 19.7 Å². The normalized spacial score (nSPS) is 12.6. The van der Waals surface area contributed by atoms with Gasteiger partial charge in [0.25, 0.3) is 0 Å². The first-order valence-electron chi connectivity index (χ1n) is 4.66. The standard InChI is InChI=1S/C9H12NO4S2/c1-3-15(11,12)8-5-9(7-10-6-8)16(13,14)4-2/h5-6H,3-4H2,1-2H3. The van der Waals surface area contributed by atoms with E-state index in [1.54, 1.807) is 0 Å². The lowest BCUT2D eigenvalue weighted by Crippen LogP contribution is -2.09. The molecule has 0 unspecified atom stereocenters. The van der Waals surface area contributed by atoms with Gasteiger partial charge in [-0.1, -0.05) is 13.8 Å². The average Bonchev–Trinajstić information content (AvgIpc) is 2.29. The van der Waals surface area contributed by atoms with Gasteiger partial charge in [-0.15, -0.1) is 0 Å². The van der Waals surface area contributed by atoms with E-state index in [9.17, 15) is 16.8 Å². The van der Waals surface area contributed by atoms with Crippen LogP contribution in [0, 0.1) is 6.20 Å². The molecule has 1 heterocycles. The summed E-state index contributed by atoms with van der Waals surface area (Å²) in [5.74, 6) is -0.203. The van der Waals surface area contributed by atoms with Gasteiger partial charge in [0, 0.05) is 6.20 Å². The van der Waals surface area contributed by atoms with Crippen molar-refractivity contribution in [1.82, 2.24) is 4.98 Å². The van der Waals surface area contributed by atoms with Crippen LogP contribution in [0.5, 0.6) is 0 Å². The third-order valence-corrected chi connectivity index (χ3v) is 5.44. The maximum absolute atomic E-state index is 11.5. The second-order valence-corrected chi connectivity index (χ2v) is 7.61. The van der Waals surface area contributed by atoms with Gasteiger partial charge in [-0.25, -0.2) is 16.8 Å². The highest BCUT2D eigenvalue weighted by Gasteiger charge is 2.18. The van der Waals surface area contributed by atoms with Gasteiger partial charge < -0.3 is 0 Å². The molecule has 0 saturated carbocycles. The maximum atomic E-state index is 11.5. The lowest BCUT2D eigenvalue weighted by atomic mass is 10.5. The monoisotopic (exact) mass is 262 g/mol. The van der Waals surface area contributed by atoms with E-state index in [1.165, 1.54) is 13.8 Å². The van der Waals surface area contributed by atoms with Crippen LogP contribution in [0.25, 0.3) is 0 Å². The molecule has 0 aromatic carbocycles. The van der Waals surface area contributed by atoms with Crippen molar-refractivity contribution in [3.8, 4) is 0 Å². The fourth-order valence-corrected chi connectivity index (χ4v) is 2.74. The van der Waals surface area contributed by atoms with Gasteiger partial charge in [-0.2, -0.15) is 0 Å². The molecule has 0 fully saturated rings. The lowest BCUT2D eigenvalue weighted by Gasteiger charge is -2.03. The molecule has 89 valence electrons. The fraction of sp³-hybridized carbons (Fsp3) is 0.444. The van der Waals surface area contributed by atoms with Crippen LogP contribution in [-0.2, 0) is 19.7 Å². The molecule has 1 radical (unpaired) electrons. The van der Waals surface area contributed by atoms with Crippen LogP contribution >= 0.6 is 0 Å². The Morgan fingerprint density at radius 2 is 1.69 bits per heavy atom. The van der Waals surface area contributed by atoms with E-state index in [-0.39, 0.29) is 21.3 Å². The molecule has 16 heavy (non-hydrogen) atoms. The van der Waals surface area contributed by atoms with E-state index in [2.05, 4.69) is 11.2 Å². The van der Waals surface area contributed by atoms with Gasteiger partial charge in [0.05, 0.1) is 21.3 Å². The molecule has 1 aromatic heterocycles. The Hall–Kier alpha value is -0.950. The van der Waals surface area contributed by atoms with E-state index in [4.69, 9.17) is 0 Å². The SMILES string of the molecule is CCS(=O)(=O)c1[c]ncc(S(=O)(=O)CC)c1. The molecule has 0 spiro atoms. The number of hydrogen-bond donors (Lipinski definition) is 0. The Morgan fingerprint density at radius 1 is 1.12 bits per heavy atom. The van der Waals surface area contributed by atoms with Gasteiger partial charge in [-0.05, 0) is 6.07 Å². The van der Waals surface area contributed by atoms with Crippen molar-refractivity contribution in [2.45, 2.75) is 23.6 Å². The maximum Gasteiger partial charge on any atom is 0.180 e. The molecule has 0 amide bonds. The minimum absolute atomic E-state index is 0.0826. The van der Waals surface area contributed by atoms with Crippen LogP contribution in [-0.4, -0.2) is 33.3 Å². The van der Waals surface area contributed by atoms with Crippen LogP contribution in [0.1, 0.15) is 13.8 Å². The molecule has 1 aromatic rings. The zero-order chi connectivity index (χ0) is 12.4. The molecule has 5 nitrogen and oxygen atoms in total. The van der Waals surface area contributed by atoms with Gasteiger partial charge in [-0.3, -0.25) is 4.98 Å². The molecule has 0 aliphatic heterocycles. The molecule has 0 aliphatic rings. The molecule has 0 bridgehead atoms. The zero-order valence-electron chi connectivity index (χ0n) is 8.97. The van der Waals surface area contributed by atoms with Gasteiger partial charge in [0.2, 0.25) is 0 Å². The van der Waals surface area contributed by atoms with E-state index in [0.29, 0.717) is 0 Å². The van der Waals surface area contributed by atoms with Crippen molar-refractivity contribution in [1.29, 1.82) is 0 Å². The minimum Gasteiger partial charge on any atom is -0.252 e. The highest BCUT2D eigenvalue weighted by molar-refractivity contribution is 7.92. The number of nitrogens with zero attached hydrogens (tertiary/aromatic N) is 1. The molecule has 1 rings (SSSR count). The van der Waals surface area contributed by atoms with Crippen LogP contribution in [0.4, 0.5) is 0 Å². The summed E-state index contributed by atoms with van der Waals surface area (Å²) in [7, 11) is -6.91. The summed E-state index contributed by atoms with van der Waals surface area (Å²) >= 11 is 0. The minimum atomic E-state index is -3.47. The Kier molecular flexibility index (Phi) is 3.69. The molecule has 0 aliphatic carbocycles. The molecular weight excluding hydrogens is 250 g/mol. The first-order valence-corrected chi connectivity index (χ1v) is 7.97. The highest BCUT2D eigenvalue weighted by Crippen LogP contribution is 2.15. The average molecular weight is 262 g/mol. The van der Waals surface area contributed by atoms with Gasteiger partial charge >= 0.3 is 0 Å². The third-order valence-electron chi connectivity index (χ3n) is 2.09. The summed E-state index contributed by atoms with van der Waals surface area (Å²) in [6.45, 7) is 2.96. The third kappa shape index (κ3) is 2.59. The number of sulfone groups is 2. The van der Waals surface area contributed by atoms with Crippen LogP contribution in [0.15, 0.2) is 22.1 Å². The summed E-state index contributed by atoms with van der Waals surface area (Å²) in [4.78, 5) is 3.27. The van der Waals surface area contributed by atoms with Crippen LogP contribution in [0.2, 0.25) is 0 Å². The number of pyridine rings is 1. The second kappa shape index (κ2) is 4.50. The Labute approximate surface area is 95.4 Å². The highest BCUT2D eigenvalue weighted by atomic mass is 32.2. The van der Waals surface area contributed by atoms with E-state index in [1.807, 2.05) is 0 Å². The molecule has 0 atom stereocenters. The van der Waals surface area contributed by atoms with Crippen molar-refractivity contribution >= 4 is 19.7 Å². The van der Waals surface area contributed by atoms with Crippen LogP contribution < -0.4 is 0 Å². The summed E-state index contributed by atoms with van der Waals surface area (Å²) in [6, 6.07) is 1.10.